The minimum absolute atomic E-state index is 0.116. The van der Waals surface area contributed by atoms with Crippen molar-refractivity contribution < 1.29 is 14.4 Å². The minimum Gasteiger partial charge on any atom is -0.322 e. The molecule has 0 saturated carbocycles. The predicted molar refractivity (Wildman–Crippen MR) is 218 cm³/mol. The van der Waals surface area contributed by atoms with Crippen LogP contribution in [0.4, 0.5) is 0 Å². The molecule has 2 saturated heterocycles. The van der Waals surface area contributed by atoms with Crippen molar-refractivity contribution in [1.29, 1.82) is 0 Å². The van der Waals surface area contributed by atoms with Crippen LogP contribution in [0.3, 0.4) is 0 Å². The molecule has 2 atom stereocenters. The summed E-state index contributed by atoms with van der Waals surface area (Å²) in [5.74, 6) is 8.20. The Balaban J connectivity index is 0.829. The Bertz CT molecular complexity index is 2510. The summed E-state index contributed by atoms with van der Waals surface area (Å²) in [5.41, 5.74) is 7.77. The zero-order valence-corrected chi connectivity index (χ0v) is 33.7. The van der Waals surface area contributed by atoms with Crippen LogP contribution in [0, 0.1) is 31.6 Å². The number of piperidine rings is 2. The van der Waals surface area contributed by atoms with E-state index in [1.54, 1.807) is 16.2 Å². The fourth-order valence-corrected chi connectivity index (χ4v) is 9.93. The van der Waals surface area contributed by atoms with Crippen LogP contribution in [0.15, 0.2) is 59.9 Å². The van der Waals surface area contributed by atoms with E-state index in [9.17, 15) is 14.4 Å². The van der Waals surface area contributed by atoms with E-state index in [0.717, 1.165) is 100 Å². The van der Waals surface area contributed by atoms with Gasteiger partial charge in [0.05, 0.1) is 28.9 Å². The van der Waals surface area contributed by atoms with Crippen molar-refractivity contribution in [3.8, 4) is 16.8 Å². The predicted octanol–water partition coefficient (Wildman–Crippen LogP) is 5.82. The first-order valence-corrected chi connectivity index (χ1v) is 20.7. The molecule has 7 heterocycles. The van der Waals surface area contributed by atoms with Crippen LogP contribution in [0.1, 0.15) is 98.9 Å². The molecule has 4 aliphatic heterocycles. The molecule has 2 aromatic carbocycles. The summed E-state index contributed by atoms with van der Waals surface area (Å²) in [4.78, 5) is 47.8. The van der Waals surface area contributed by atoms with Gasteiger partial charge in [-0.1, -0.05) is 47.7 Å². The van der Waals surface area contributed by atoms with Gasteiger partial charge in [-0.05, 0) is 100 Å². The minimum atomic E-state index is -0.597. The highest BCUT2D eigenvalue weighted by molar-refractivity contribution is 7.15. The second-order valence-corrected chi connectivity index (χ2v) is 16.8. The lowest BCUT2D eigenvalue weighted by atomic mass is 9.87. The van der Waals surface area contributed by atoms with Gasteiger partial charge in [0, 0.05) is 47.4 Å². The zero-order valence-electron chi connectivity index (χ0n) is 32.1. The first-order chi connectivity index (χ1) is 27.6. The normalized spacial score (nSPS) is 19.7. The molecule has 0 aliphatic carbocycles. The van der Waals surface area contributed by atoms with Crippen molar-refractivity contribution in [3.63, 3.8) is 0 Å². The second kappa shape index (κ2) is 15.2. The number of nitrogens with zero attached hydrogens (tertiary/aromatic N) is 8. The fraction of sp³-hybridized carbons (Fsp3) is 0.372. The Morgan fingerprint density at radius 3 is 2.58 bits per heavy atom. The fourth-order valence-electron chi connectivity index (χ4n) is 8.59. The van der Waals surface area contributed by atoms with Crippen molar-refractivity contribution in [2.45, 2.75) is 78.0 Å². The molecule has 1 N–H and O–H groups in total. The Morgan fingerprint density at radius 1 is 0.982 bits per heavy atom. The van der Waals surface area contributed by atoms with Gasteiger partial charge in [-0.25, -0.2) is 0 Å². The van der Waals surface area contributed by atoms with Gasteiger partial charge in [0.1, 0.15) is 22.9 Å². The van der Waals surface area contributed by atoms with Crippen LogP contribution in [-0.2, 0) is 29.1 Å². The number of carbonyl (C=O) groups excluding carboxylic acids is 3. The molecule has 4 aliphatic rings. The number of halogens is 1. The molecule has 3 amide bonds. The summed E-state index contributed by atoms with van der Waals surface area (Å²) < 4.78 is 4.09. The van der Waals surface area contributed by atoms with E-state index in [4.69, 9.17) is 16.6 Å². The zero-order chi connectivity index (χ0) is 39.4. The molecule has 0 bridgehead atoms. The number of rotatable bonds is 7. The number of benzene rings is 2. The van der Waals surface area contributed by atoms with Crippen LogP contribution in [0.2, 0.25) is 5.02 Å². The van der Waals surface area contributed by atoms with Gasteiger partial charge in [-0.3, -0.25) is 33.9 Å². The number of amides is 3. The highest BCUT2D eigenvalue weighted by atomic mass is 35.5. The van der Waals surface area contributed by atoms with E-state index in [0.29, 0.717) is 29.5 Å². The van der Waals surface area contributed by atoms with Gasteiger partial charge in [0.2, 0.25) is 11.8 Å². The van der Waals surface area contributed by atoms with Crippen LogP contribution in [-0.4, -0.2) is 83.5 Å². The maximum absolute atomic E-state index is 13.3. The summed E-state index contributed by atoms with van der Waals surface area (Å²) in [6, 6.07) is 13.0. The van der Waals surface area contributed by atoms with Crippen molar-refractivity contribution in [1.82, 2.24) is 39.7 Å². The Labute approximate surface area is 339 Å². The SMILES string of the molecule is Cc1c(C#Cc2cnn(CCN3CCC(Cc4cccc5c4CN(C4CCC(=O)NC4=O)C5=O)CC3)c2)sc2c1C(c1ccc(Cl)cc1)=N[C@@H](C)c1nnc(C)n1-2. The number of hydrogen-bond acceptors (Lipinski definition) is 9. The number of likely N-dealkylation sites (tertiary alicyclic amines) is 1. The average Bonchev–Trinajstić information content (AvgIpc) is 3.97. The number of nitrogens with one attached hydrogen (secondary N) is 1. The number of thiophene rings is 1. The molecule has 1 unspecified atom stereocenters. The van der Waals surface area contributed by atoms with Gasteiger partial charge in [0.25, 0.3) is 5.91 Å². The summed E-state index contributed by atoms with van der Waals surface area (Å²) in [5, 5.41) is 17.6. The van der Waals surface area contributed by atoms with E-state index in [2.05, 4.69) is 54.9 Å². The standard InChI is InChI=1S/C43H42ClN9O3S/c1-25-36(57-43-38(25)39(30-8-10-32(44)11-9-30)46-26(2)40-49-48-27(3)53(40)43)13-7-29-22-45-51(23-29)20-19-50-17-15-28(16-18-50)21-31-5-4-6-33-34(31)24-52(42(33)56)35-12-14-37(54)47-41(35)55/h4-6,8-11,22-23,26,28,35H,12,14-21,24H2,1-3H3,(H,47,54,55)/t26-,35?/m0/s1. The number of hydrogen-bond donors (Lipinski definition) is 1. The van der Waals surface area contributed by atoms with Crippen LogP contribution in [0.5, 0.6) is 0 Å². The van der Waals surface area contributed by atoms with Gasteiger partial charge in [-0.15, -0.1) is 21.5 Å². The summed E-state index contributed by atoms with van der Waals surface area (Å²) >= 11 is 7.88. The monoisotopic (exact) mass is 799 g/mol. The first-order valence-electron chi connectivity index (χ1n) is 19.5. The number of imide groups is 1. The molecule has 12 nitrogen and oxygen atoms in total. The second-order valence-electron chi connectivity index (χ2n) is 15.4. The molecule has 0 radical (unpaired) electrons. The van der Waals surface area contributed by atoms with Crippen molar-refractivity contribution in [2.24, 2.45) is 10.9 Å². The van der Waals surface area contributed by atoms with Crippen LogP contribution >= 0.6 is 22.9 Å². The highest BCUT2D eigenvalue weighted by Crippen LogP contribution is 2.39. The molecule has 5 aromatic rings. The van der Waals surface area contributed by atoms with Gasteiger partial charge in [0.15, 0.2) is 5.82 Å². The van der Waals surface area contributed by atoms with E-state index in [-0.39, 0.29) is 30.2 Å². The Kier molecular flexibility index (Phi) is 9.88. The van der Waals surface area contributed by atoms with Gasteiger partial charge >= 0.3 is 0 Å². The number of carbonyl (C=O) groups is 3. The molecule has 0 spiro atoms. The van der Waals surface area contributed by atoms with Gasteiger partial charge < -0.3 is 9.80 Å². The smallest absolute Gasteiger partial charge is 0.255 e. The Hall–Kier alpha value is -5.42. The number of aromatic nitrogens is 5. The van der Waals surface area contributed by atoms with Crippen molar-refractivity contribution in [3.05, 3.63) is 115 Å². The molecule has 14 heteroatoms. The molecular formula is C43H42ClN9O3S. The van der Waals surface area contributed by atoms with E-state index < -0.39 is 6.04 Å². The molecule has 9 rings (SSSR count). The summed E-state index contributed by atoms with van der Waals surface area (Å²) in [7, 11) is 0. The average molecular weight is 800 g/mol. The maximum Gasteiger partial charge on any atom is 0.255 e. The largest absolute Gasteiger partial charge is 0.322 e. The summed E-state index contributed by atoms with van der Waals surface area (Å²) in [6.45, 7) is 10.2. The number of fused-ring (bicyclic) bond motifs is 4. The molecule has 2 fully saturated rings. The third kappa shape index (κ3) is 7.11. The lowest BCUT2D eigenvalue weighted by molar-refractivity contribution is -0.136. The number of aliphatic imine (C=N–C) groups is 1. The maximum atomic E-state index is 13.3. The third-order valence-electron chi connectivity index (χ3n) is 11.7. The quantitative estimate of drug-likeness (QED) is 0.162. The molecule has 57 heavy (non-hydrogen) atoms. The molecular weight excluding hydrogens is 758 g/mol. The molecule has 3 aromatic heterocycles. The van der Waals surface area contributed by atoms with Gasteiger partial charge in [-0.2, -0.15) is 5.10 Å². The van der Waals surface area contributed by atoms with Crippen molar-refractivity contribution >= 4 is 46.4 Å². The number of aryl methyl sites for hydroxylation is 1. The van der Waals surface area contributed by atoms with Crippen LogP contribution in [0.25, 0.3) is 5.00 Å². The molecule has 290 valence electrons. The summed E-state index contributed by atoms with van der Waals surface area (Å²) in [6.07, 6.45) is 7.55. The third-order valence-corrected chi connectivity index (χ3v) is 13.2. The van der Waals surface area contributed by atoms with E-state index in [1.807, 2.05) is 67.3 Å². The lowest BCUT2D eigenvalue weighted by Gasteiger charge is -2.32. The highest BCUT2D eigenvalue weighted by Gasteiger charge is 2.40. The van der Waals surface area contributed by atoms with Crippen molar-refractivity contribution in [2.75, 3.05) is 19.6 Å². The van der Waals surface area contributed by atoms with E-state index in [1.165, 1.54) is 5.56 Å². The first kappa shape index (κ1) is 37.2. The lowest BCUT2D eigenvalue weighted by Crippen LogP contribution is -2.52. The Morgan fingerprint density at radius 2 is 1.79 bits per heavy atom. The van der Waals surface area contributed by atoms with E-state index >= 15 is 0 Å². The van der Waals surface area contributed by atoms with Crippen LogP contribution < -0.4 is 5.32 Å². The topological polar surface area (TPSA) is 131 Å².